The largest absolute Gasteiger partial charge is 0.348 e. The predicted molar refractivity (Wildman–Crippen MR) is 68.9 cm³/mol. The minimum Gasteiger partial charge on any atom is -0.348 e. The number of hydrogen-bond acceptors (Lipinski definition) is 2. The van der Waals surface area contributed by atoms with Gasteiger partial charge in [0.15, 0.2) is 0 Å². The highest BCUT2D eigenvalue weighted by molar-refractivity contribution is 5.97. The zero-order chi connectivity index (χ0) is 12.3. The molecular formula is C14H14N2O. The highest BCUT2D eigenvalue weighted by Crippen LogP contribution is 2.13. The third kappa shape index (κ3) is 2.69. The SMILES string of the molecule is C=C(C)CNC(=O)c1ccc2ncccc2c1. The van der Waals surface area contributed by atoms with Crippen LogP contribution in [0.25, 0.3) is 10.9 Å². The van der Waals surface area contributed by atoms with Gasteiger partial charge in [-0.15, -0.1) is 0 Å². The first-order chi connectivity index (χ1) is 8.16. The fourth-order valence-corrected chi connectivity index (χ4v) is 1.55. The number of rotatable bonds is 3. The number of fused-ring (bicyclic) bond motifs is 1. The Morgan fingerprint density at radius 3 is 3.00 bits per heavy atom. The minimum atomic E-state index is -0.0845. The van der Waals surface area contributed by atoms with Gasteiger partial charge in [0.05, 0.1) is 5.52 Å². The second kappa shape index (κ2) is 4.78. The Balaban J connectivity index is 2.24. The van der Waals surface area contributed by atoms with Crippen molar-refractivity contribution in [3.63, 3.8) is 0 Å². The van der Waals surface area contributed by atoms with Crippen molar-refractivity contribution in [3.05, 3.63) is 54.2 Å². The molecule has 3 nitrogen and oxygen atoms in total. The first kappa shape index (κ1) is 11.3. The van der Waals surface area contributed by atoms with Crippen molar-refractivity contribution in [2.45, 2.75) is 6.92 Å². The molecule has 3 heteroatoms. The lowest BCUT2D eigenvalue weighted by Crippen LogP contribution is -2.24. The van der Waals surface area contributed by atoms with E-state index >= 15 is 0 Å². The van der Waals surface area contributed by atoms with Crippen LogP contribution in [0.5, 0.6) is 0 Å². The molecule has 0 saturated heterocycles. The molecule has 0 bridgehead atoms. The number of nitrogens with zero attached hydrogens (tertiary/aromatic N) is 1. The molecule has 2 aromatic rings. The number of hydrogen-bond donors (Lipinski definition) is 1. The summed E-state index contributed by atoms with van der Waals surface area (Å²) in [6, 6.07) is 9.28. The van der Waals surface area contributed by atoms with E-state index in [1.807, 2.05) is 31.2 Å². The monoisotopic (exact) mass is 226 g/mol. The first-order valence-corrected chi connectivity index (χ1v) is 5.44. The molecule has 0 aliphatic rings. The lowest BCUT2D eigenvalue weighted by atomic mass is 10.1. The second-order valence-electron chi connectivity index (χ2n) is 4.05. The minimum absolute atomic E-state index is 0.0845. The molecule has 0 aliphatic heterocycles. The maximum atomic E-state index is 11.8. The van der Waals surface area contributed by atoms with Gasteiger partial charge in [0.25, 0.3) is 5.91 Å². The van der Waals surface area contributed by atoms with Gasteiger partial charge in [-0.25, -0.2) is 0 Å². The van der Waals surface area contributed by atoms with E-state index in [9.17, 15) is 4.79 Å². The molecule has 0 fully saturated rings. The van der Waals surface area contributed by atoms with Crippen LogP contribution in [0.4, 0.5) is 0 Å². The standard InChI is InChI=1S/C14H14N2O/c1-10(2)9-16-14(17)12-5-6-13-11(8-12)4-3-7-15-13/h3-8H,1,9H2,2H3,(H,16,17). The zero-order valence-electron chi connectivity index (χ0n) is 9.73. The summed E-state index contributed by atoms with van der Waals surface area (Å²) in [6.07, 6.45) is 1.74. The summed E-state index contributed by atoms with van der Waals surface area (Å²) < 4.78 is 0. The second-order valence-corrected chi connectivity index (χ2v) is 4.05. The Bertz CT molecular complexity index is 575. The van der Waals surface area contributed by atoms with Gasteiger partial charge in [-0.1, -0.05) is 18.2 Å². The van der Waals surface area contributed by atoms with E-state index in [-0.39, 0.29) is 5.91 Å². The lowest BCUT2D eigenvalue weighted by molar-refractivity contribution is 0.0957. The molecule has 0 unspecified atom stereocenters. The molecule has 0 spiro atoms. The van der Waals surface area contributed by atoms with Crippen LogP contribution in [0.1, 0.15) is 17.3 Å². The maximum Gasteiger partial charge on any atom is 0.251 e. The summed E-state index contributed by atoms with van der Waals surface area (Å²) in [5.41, 5.74) is 2.47. The summed E-state index contributed by atoms with van der Waals surface area (Å²) in [4.78, 5) is 16.0. The third-order valence-electron chi connectivity index (χ3n) is 2.42. The van der Waals surface area contributed by atoms with E-state index in [1.54, 1.807) is 12.3 Å². The Hall–Kier alpha value is -2.16. The van der Waals surface area contributed by atoms with Gasteiger partial charge in [-0.2, -0.15) is 0 Å². The van der Waals surface area contributed by atoms with Gasteiger partial charge in [-0.05, 0) is 31.2 Å². The van der Waals surface area contributed by atoms with Crippen LogP contribution >= 0.6 is 0 Å². The molecule has 2 rings (SSSR count). The molecule has 1 amide bonds. The Morgan fingerprint density at radius 2 is 2.24 bits per heavy atom. The average Bonchev–Trinajstić information content (AvgIpc) is 2.35. The van der Waals surface area contributed by atoms with E-state index in [0.29, 0.717) is 12.1 Å². The number of carbonyl (C=O) groups is 1. The van der Waals surface area contributed by atoms with Crippen molar-refractivity contribution in [3.8, 4) is 0 Å². The highest BCUT2D eigenvalue weighted by atomic mass is 16.1. The van der Waals surface area contributed by atoms with Crippen molar-refractivity contribution in [1.29, 1.82) is 0 Å². The van der Waals surface area contributed by atoms with Crippen LogP contribution in [0.2, 0.25) is 0 Å². The quantitative estimate of drug-likeness (QED) is 0.817. The van der Waals surface area contributed by atoms with Crippen LogP contribution in [0, 0.1) is 0 Å². The summed E-state index contributed by atoms with van der Waals surface area (Å²) in [7, 11) is 0. The Morgan fingerprint density at radius 1 is 1.41 bits per heavy atom. The van der Waals surface area contributed by atoms with Gasteiger partial charge in [0.1, 0.15) is 0 Å². The summed E-state index contributed by atoms with van der Waals surface area (Å²) in [5, 5.41) is 3.77. The molecule has 0 aliphatic carbocycles. The fraction of sp³-hybridized carbons (Fsp3) is 0.143. The van der Waals surface area contributed by atoms with E-state index in [0.717, 1.165) is 16.5 Å². The Labute approximate surface area is 100 Å². The number of nitrogens with one attached hydrogen (secondary N) is 1. The van der Waals surface area contributed by atoms with Crippen LogP contribution in [-0.4, -0.2) is 17.4 Å². The van der Waals surface area contributed by atoms with Crippen molar-refractivity contribution in [2.24, 2.45) is 0 Å². The van der Waals surface area contributed by atoms with Crippen molar-refractivity contribution >= 4 is 16.8 Å². The number of amides is 1. The zero-order valence-corrected chi connectivity index (χ0v) is 9.73. The molecule has 1 N–H and O–H groups in total. The molecule has 0 radical (unpaired) electrons. The molecule has 17 heavy (non-hydrogen) atoms. The van der Waals surface area contributed by atoms with Crippen molar-refractivity contribution < 1.29 is 4.79 Å². The Kier molecular flexibility index (Phi) is 3.19. The first-order valence-electron chi connectivity index (χ1n) is 5.44. The number of carbonyl (C=O) groups excluding carboxylic acids is 1. The van der Waals surface area contributed by atoms with Crippen LogP contribution in [0.15, 0.2) is 48.7 Å². The molecule has 0 saturated carbocycles. The summed E-state index contributed by atoms with van der Waals surface area (Å²) in [6.45, 7) is 6.13. The van der Waals surface area contributed by atoms with Gasteiger partial charge < -0.3 is 5.32 Å². The number of benzene rings is 1. The van der Waals surface area contributed by atoms with Gasteiger partial charge in [-0.3, -0.25) is 9.78 Å². The lowest BCUT2D eigenvalue weighted by Gasteiger charge is -2.05. The van der Waals surface area contributed by atoms with E-state index < -0.39 is 0 Å². The van der Waals surface area contributed by atoms with E-state index in [2.05, 4.69) is 16.9 Å². The van der Waals surface area contributed by atoms with Crippen molar-refractivity contribution in [2.75, 3.05) is 6.54 Å². The predicted octanol–water partition coefficient (Wildman–Crippen LogP) is 2.54. The van der Waals surface area contributed by atoms with E-state index in [1.165, 1.54) is 0 Å². The highest BCUT2D eigenvalue weighted by Gasteiger charge is 2.05. The molecule has 0 atom stereocenters. The van der Waals surface area contributed by atoms with Crippen molar-refractivity contribution in [1.82, 2.24) is 10.3 Å². The molecule has 1 aromatic carbocycles. The smallest absolute Gasteiger partial charge is 0.251 e. The average molecular weight is 226 g/mol. The topological polar surface area (TPSA) is 42.0 Å². The fourth-order valence-electron chi connectivity index (χ4n) is 1.55. The molecule has 86 valence electrons. The van der Waals surface area contributed by atoms with Crippen LogP contribution in [0.3, 0.4) is 0 Å². The third-order valence-corrected chi connectivity index (χ3v) is 2.42. The van der Waals surface area contributed by atoms with Gasteiger partial charge in [0.2, 0.25) is 0 Å². The number of pyridine rings is 1. The van der Waals surface area contributed by atoms with E-state index in [4.69, 9.17) is 0 Å². The van der Waals surface area contributed by atoms with Crippen LogP contribution in [-0.2, 0) is 0 Å². The molecular weight excluding hydrogens is 212 g/mol. The van der Waals surface area contributed by atoms with Gasteiger partial charge >= 0.3 is 0 Å². The van der Waals surface area contributed by atoms with Crippen LogP contribution < -0.4 is 5.32 Å². The normalized spacial score (nSPS) is 10.2. The van der Waals surface area contributed by atoms with Gasteiger partial charge in [0, 0.05) is 23.7 Å². The summed E-state index contributed by atoms with van der Waals surface area (Å²) in [5.74, 6) is -0.0845. The molecule has 1 heterocycles. The molecule has 1 aromatic heterocycles. The summed E-state index contributed by atoms with van der Waals surface area (Å²) >= 11 is 0. The maximum absolute atomic E-state index is 11.8. The number of aromatic nitrogens is 1.